The maximum atomic E-state index is 8.80. The molecule has 24 heavy (non-hydrogen) atoms. The lowest BCUT2D eigenvalue weighted by Crippen LogP contribution is -2.13. The van der Waals surface area contributed by atoms with E-state index < -0.39 is 7.26 Å². The van der Waals surface area contributed by atoms with E-state index in [1.807, 2.05) is 0 Å². The molecule has 0 aliphatic rings. The molecule has 0 rings (SSSR count). The molecular formula is C22H48OP+. The standard InChI is InChI=1S/C22H48OP/c1-4-7-19-24(20-8-5-2,21-9-6-3)22-17-15-13-11-10-12-14-16-18-23/h23H,4-22H2,1-3H3/q+1. The van der Waals surface area contributed by atoms with Crippen LogP contribution in [0.15, 0.2) is 0 Å². The molecule has 2 heteroatoms. The quantitative estimate of drug-likeness (QED) is 0.187. The van der Waals surface area contributed by atoms with E-state index in [2.05, 4.69) is 20.8 Å². The molecule has 0 fully saturated rings. The first-order valence-electron chi connectivity index (χ1n) is 11.2. The molecule has 0 aliphatic carbocycles. The fourth-order valence-electron chi connectivity index (χ4n) is 3.77. The van der Waals surface area contributed by atoms with Crippen LogP contribution in [-0.2, 0) is 0 Å². The van der Waals surface area contributed by atoms with Gasteiger partial charge in [0.05, 0.1) is 24.6 Å². The average molecular weight is 360 g/mol. The Bertz CT molecular complexity index is 220. The zero-order valence-corrected chi connectivity index (χ0v) is 18.2. The molecule has 0 heterocycles. The third-order valence-corrected chi connectivity index (χ3v) is 10.6. The third-order valence-electron chi connectivity index (χ3n) is 5.50. The number of aliphatic hydroxyl groups is 1. The zero-order chi connectivity index (χ0) is 17.9. The molecule has 0 aromatic heterocycles. The minimum Gasteiger partial charge on any atom is -0.396 e. The number of hydrogen-bond donors (Lipinski definition) is 1. The Morgan fingerprint density at radius 3 is 1.17 bits per heavy atom. The summed E-state index contributed by atoms with van der Waals surface area (Å²) in [6.45, 7) is 7.47. The van der Waals surface area contributed by atoms with Crippen LogP contribution in [-0.4, -0.2) is 36.4 Å². The first kappa shape index (κ1) is 24.4. The minimum absolute atomic E-state index is 0.374. The second-order valence-corrected chi connectivity index (χ2v) is 12.3. The summed E-state index contributed by atoms with van der Waals surface area (Å²) in [6.07, 6.45) is 25.7. The maximum absolute atomic E-state index is 8.80. The van der Waals surface area contributed by atoms with Gasteiger partial charge in [-0.2, -0.15) is 0 Å². The van der Waals surface area contributed by atoms with Crippen LogP contribution in [0, 0.1) is 0 Å². The summed E-state index contributed by atoms with van der Waals surface area (Å²) in [7, 11) is -0.644. The van der Waals surface area contributed by atoms with Crippen LogP contribution in [0.3, 0.4) is 0 Å². The van der Waals surface area contributed by atoms with Gasteiger partial charge in [0, 0.05) is 13.9 Å². The molecule has 0 aliphatic heterocycles. The number of aliphatic hydroxyl groups excluding tert-OH is 1. The second-order valence-electron chi connectivity index (χ2n) is 7.85. The molecule has 0 aromatic rings. The Kier molecular flexibility index (Phi) is 18.5. The molecule has 0 amide bonds. The topological polar surface area (TPSA) is 20.2 Å². The van der Waals surface area contributed by atoms with Gasteiger partial charge in [0.2, 0.25) is 0 Å². The second kappa shape index (κ2) is 18.2. The van der Waals surface area contributed by atoms with Gasteiger partial charge >= 0.3 is 0 Å². The SMILES string of the molecule is CCCC[P+](CCCC)(CCCC)CCCCCCCCCCO. The van der Waals surface area contributed by atoms with Crippen LogP contribution in [0.25, 0.3) is 0 Å². The Labute approximate surface area is 154 Å². The Morgan fingerprint density at radius 1 is 0.458 bits per heavy atom. The van der Waals surface area contributed by atoms with Crippen molar-refractivity contribution in [3.05, 3.63) is 0 Å². The highest BCUT2D eigenvalue weighted by molar-refractivity contribution is 7.75. The van der Waals surface area contributed by atoms with E-state index >= 15 is 0 Å². The van der Waals surface area contributed by atoms with Gasteiger partial charge in [-0.1, -0.05) is 72.1 Å². The summed E-state index contributed by atoms with van der Waals surface area (Å²) >= 11 is 0. The van der Waals surface area contributed by atoms with Crippen molar-refractivity contribution in [2.24, 2.45) is 0 Å². The molecule has 0 bridgehead atoms. The highest BCUT2D eigenvalue weighted by atomic mass is 31.2. The van der Waals surface area contributed by atoms with Gasteiger partial charge in [-0.05, 0) is 38.5 Å². The summed E-state index contributed by atoms with van der Waals surface area (Å²) in [5.74, 6) is 0. The predicted molar refractivity (Wildman–Crippen MR) is 115 cm³/mol. The molecule has 0 spiro atoms. The van der Waals surface area contributed by atoms with Crippen LogP contribution in [0.4, 0.5) is 0 Å². The average Bonchev–Trinajstić information content (AvgIpc) is 2.61. The van der Waals surface area contributed by atoms with E-state index in [9.17, 15) is 0 Å². The highest BCUT2D eigenvalue weighted by Gasteiger charge is 2.34. The summed E-state index contributed by atoms with van der Waals surface area (Å²) in [5.41, 5.74) is 0. The van der Waals surface area contributed by atoms with Crippen LogP contribution < -0.4 is 0 Å². The lowest BCUT2D eigenvalue weighted by atomic mass is 10.1. The van der Waals surface area contributed by atoms with E-state index in [0.29, 0.717) is 6.61 Å². The van der Waals surface area contributed by atoms with Crippen molar-refractivity contribution in [3.8, 4) is 0 Å². The van der Waals surface area contributed by atoms with Crippen LogP contribution in [0.1, 0.15) is 111 Å². The molecular weight excluding hydrogens is 311 g/mol. The van der Waals surface area contributed by atoms with Crippen molar-refractivity contribution in [3.63, 3.8) is 0 Å². The van der Waals surface area contributed by atoms with E-state index in [-0.39, 0.29) is 0 Å². The van der Waals surface area contributed by atoms with Gasteiger partial charge in [-0.25, -0.2) is 0 Å². The third kappa shape index (κ3) is 13.7. The summed E-state index contributed by atoms with van der Waals surface area (Å²) in [6, 6.07) is 0. The summed E-state index contributed by atoms with van der Waals surface area (Å²) in [5, 5.41) is 8.80. The monoisotopic (exact) mass is 359 g/mol. The fraction of sp³-hybridized carbons (Fsp3) is 1.00. The van der Waals surface area contributed by atoms with E-state index in [1.165, 1.54) is 83.5 Å². The molecule has 0 radical (unpaired) electrons. The van der Waals surface area contributed by atoms with Gasteiger partial charge < -0.3 is 5.11 Å². The zero-order valence-electron chi connectivity index (χ0n) is 17.3. The van der Waals surface area contributed by atoms with Crippen molar-refractivity contribution >= 4 is 7.26 Å². The number of rotatable bonds is 19. The number of hydrogen-bond acceptors (Lipinski definition) is 1. The first-order valence-corrected chi connectivity index (χ1v) is 13.7. The fourth-order valence-corrected chi connectivity index (χ4v) is 8.97. The maximum Gasteiger partial charge on any atom is 0.0594 e. The largest absolute Gasteiger partial charge is 0.396 e. The Hall–Kier alpha value is 0.390. The van der Waals surface area contributed by atoms with E-state index in [1.54, 1.807) is 24.6 Å². The predicted octanol–water partition coefficient (Wildman–Crippen LogP) is 7.52. The highest BCUT2D eigenvalue weighted by Crippen LogP contribution is 2.61. The summed E-state index contributed by atoms with van der Waals surface area (Å²) in [4.78, 5) is 0. The first-order chi connectivity index (χ1) is 11.7. The van der Waals surface area contributed by atoms with Crippen molar-refractivity contribution in [2.45, 2.75) is 111 Å². The van der Waals surface area contributed by atoms with Crippen molar-refractivity contribution < 1.29 is 5.11 Å². The molecule has 0 aromatic carbocycles. The van der Waals surface area contributed by atoms with Gasteiger partial charge in [-0.15, -0.1) is 0 Å². The molecule has 1 N–H and O–H groups in total. The lowest BCUT2D eigenvalue weighted by molar-refractivity contribution is 0.282. The lowest BCUT2D eigenvalue weighted by Gasteiger charge is -2.28. The van der Waals surface area contributed by atoms with Crippen LogP contribution >= 0.6 is 7.26 Å². The van der Waals surface area contributed by atoms with Gasteiger partial charge in [0.15, 0.2) is 0 Å². The Morgan fingerprint density at radius 2 is 0.792 bits per heavy atom. The van der Waals surface area contributed by atoms with Crippen molar-refractivity contribution in [1.29, 1.82) is 0 Å². The molecule has 1 nitrogen and oxygen atoms in total. The van der Waals surface area contributed by atoms with Gasteiger partial charge in [0.25, 0.3) is 0 Å². The molecule has 146 valence electrons. The van der Waals surface area contributed by atoms with E-state index in [4.69, 9.17) is 5.11 Å². The van der Waals surface area contributed by atoms with E-state index in [0.717, 1.165) is 6.42 Å². The smallest absolute Gasteiger partial charge is 0.0594 e. The molecule has 0 saturated carbocycles. The normalized spacial score (nSPS) is 12.0. The Balaban J connectivity index is 4.07. The van der Waals surface area contributed by atoms with Gasteiger partial charge in [0.1, 0.15) is 0 Å². The van der Waals surface area contributed by atoms with Crippen molar-refractivity contribution in [2.75, 3.05) is 31.3 Å². The van der Waals surface area contributed by atoms with Crippen LogP contribution in [0.5, 0.6) is 0 Å². The minimum atomic E-state index is -0.644. The molecule has 0 unspecified atom stereocenters. The van der Waals surface area contributed by atoms with Gasteiger partial charge in [-0.3, -0.25) is 0 Å². The summed E-state index contributed by atoms with van der Waals surface area (Å²) < 4.78 is 0. The molecule has 0 saturated heterocycles. The number of unbranched alkanes of at least 4 members (excludes halogenated alkanes) is 10. The van der Waals surface area contributed by atoms with Crippen LogP contribution in [0.2, 0.25) is 0 Å². The van der Waals surface area contributed by atoms with Crippen molar-refractivity contribution in [1.82, 2.24) is 0 Å². The molecule has 0 atom stereocenters.